The van der Waals surface area contributed by atoms with Crippen molar-refractivity contribution in [2.75, 3.05) is 26.9 Å². The number of aliphatic hydroxyl groups is 1. The summed E-state index contributed by atoms with van der Waals surface area (Å²) in [7, 11) is 1.51. The summed E-state index contributed by atoms with van der Waals surface area (Å²) in [5.74, 6) is 2.51. The van der Waals surface area contributed by atoms with Gasteiger partial charge in [0.2, 0.25) is 11.8 Å². The second kappa shape index (κ2) is 15.7. The highest BCUT2D eigenvalue weighted by Gasteiger charge is 2.56. The number of ether oxygens (including phenoxy) is 3. The summed E-state index contributed by atoms with van der Waals surface area (Å²) in [5.41, 5.74) is 2.02. The number of phenols is 1. The van der Waals surface area contributed by atoms with Gasteiger partial charge in [-0.1, -0.05) is 19.1 Å². The molecule has 3 aliphatic carbocycles. The van der Waals surface area contributed by atoms with E-state index in [1.54, 1.807) is 12.1 Å². The smallest absolute Gasteiger partial charge is 0.433 e. The van der Waals surface area contributed by atoms with Crippen molar-refractivity contribution in [2.24, 2.45) is 23.2 Å². The normalized spacial score (nSPS) is 28.3. The largest absolute Gasteiger partial charge is 0.508 e. The number of carbonyl (C=O) groups is 1. The zero-order chi connectivity index (χ0) is 36.2. The van der Waals surface area contributed by atoms with Crippen LogP contribution in [0.5, 0.6) is 17.5 Å². The fraction of sp³-hybridized carbons (Fsp3) is 0.579. The summed E-state index contributed by atoms with van der Waals surface area (Å²) in [4.78, 5) is 15.9. The zero-order valence-electron chi connectivity index (χ0n) is 29.1. The molecule has 7 atom stereocenters. The van der Waals surface area contributed by atoms with Gasteiger partial charge in [-0.2, -0.15) is 13.2 Å². The van der Waals surface area contributed by atoms with E-state index in [1.165, 1.54) is 30.4 Å². The topological polar surface area (TPSA) is 136 Å². The van der Waals surface area contributed by atoms with Crippen LogP contribution >= 0.6 is 0 Å². The van der Waals surface area contributed by atoms with Gasteiger partial charge in [0.1, 0.15) is 17.5 Å². The van der Waals surface area contributed by atoms with Crippen LogP contribution in [0.2, 0.25) is 0 Å². The molecule has 3 fully saturated rings. The zero-order valence-corrected chi connectivity index (χ0v) is 29.1. The van der Waals surface area contributed by atoms with E-state index in [4.69, 9.17) is 14.2 Å². The predicted molar refractivity (Wildman–Crippen MR) is 181 cm³/mol. The number of aromatic nitrogens is 3. The second-order valence-electron chi connectivity index (χ2n) is 14.5. The lowest BCUT2D eigenvalue weighted by Gasteiger charge is -2.53. The highest BCUT2D eigenvalue weighted by molar-refractivity contribution is 5.92. The second-order valence-corrected chi connectivity index (χ2v) is 14.5. The summed E-state index contributed by atoms with van der Waals surface area (Å²) in [6.07, 6.45) is 3.76. The van der Waals surface area contributed by atoms with Crippen molar-refractivity contribution >= 4 is 5.91 Å². The predicted octanol–water partition coefficient (Wildman–Crippen LogP) is 6.50. The van der Waals surface area contributed by atoms with Crippen molar-refractivity contribution in [3.63, 3.8) is 0 Å². The number of alkyl halides is 3. The molecule has 13 heteroatoms. The lowest BCUT2D eigenvalue weighted by atomic mass is 9.52. The third-order valence-electron chi connectivity index (χ3n) is 11.4. The minimum absolute atomic E-state index is 0.00433. The number of phenolic OH excluding ortho intramolecular Hbond substituents is 1. The number of hydrogen-bond donors (Lipinski definition) is 3. The molecule has 1 saturated heterocycles. The summed E-state index contributed by atoms with van der Waals surface area (Å²) in [6, 6.07) is 12.8. The van der Waals surface area contributed by atoms with Crippen LogP contribution in [0, 0.1) is 23.2 Å². The average molecular weight is 713 g/mol. The van der Waals surface area contributed by atoms with Crippen LogP contribution in [0.1, 0.15) is 91.5 Å². The van der Waals surface area contributed by atoms with Crippen LogP contribution in [0.4, 0.5) is 13.2 Å². The van der Waals surface area contributed by atoms with Crippen LogP contribution in [0.15, 0.2) is 48.5 Å². The minimum atomic E-state index is -4.44. The molecule has 4 aliphatic rings. The van der Waals surface area contributed by atoms with E-state index < -0.39 is 11.9 Å². The number of amides is 1. The first-order valence-electron chi connectivity index (χ1n) is 17.9. The molecule has 51 heavy (non-hydrogen) atoms. The van der Waals surface area contributed by atoms with Gasteiger partial charge in [0.05, 0.1) is 19.8 Å². The van der Waals surface area contributed by atoms with Crippen molar-refractivity contribution in [3.05, 3.63) is 71.0 Å². The molecule has 3 N–H and O–H groups in total. The Hall–Kier alpha value is -3.97. The van der Waals surface area contributed by atoms with Gasteiger partial charge in [-0.3, -0.25) is 4.79 Å². The molecule has 2 saturated carbocycles. The van der Waals surface area contributed by atoms with Gasteiger partial charge < -0.3 is 29.7 Å². The Labute approximate surface area is 296 Å². The van der Waals surface area contributed by atoms with Crippen LogP contribution < -0.4 is 14.8 Å². The van der Waals surface area contributed by atoms with Crippen LogP contribution in [-0.2, 0) is 17.3 Å². The molecular formula is C38H47F3N4O6. The van der Waals surface area contributed by atoms with E-state index in [-0.39, 0.29) is 35.1 Å². The maximum Gasteiger partial charge on any atom is 0.433 e. The van der Waals surface area contributed by atoms with Gasteiger partial charge in [-0.25, -0.2) is 4.98 Å². The van der Waals surface area contributed by atoms with Crippen LogP contribution in [0.25, 0.3) is 0 Å². The van der Waals surface area contributed by atoms with E-state index in [0.29, 0.717) is 55.1 Å². The Morgan fingerprint density at radius 1 is 1.08 bits per heavy atom. The molecule has 3 aromatic rings. The van der Waals surface area contributed by atoms with Crippen molar-refractivity contribution in [2.45, 2.75) is 89.0 Å². The number of halogens is 3. The fourth-order valence-corrected chi connectivity index (χ4v) is 8.85. The monoisotopic (exact) mass is 712 g/mol. The number of fused-ring (bicyclic) bond motifs is 5. The van der Waals surface area contributed by atoms with Gasteiger partial charge in [0.15, 0.2) is 5.69 Å². The third-order valence-corrected chi connectivity index (χ3v) is 11.4. The summed E-state index contributed by atoms with van der Waals surface area (Å²) >= 11 is 0. The molecule has 0 spiro atoms. The Kier molecular flexibility index (Phi) is 11.4. The highest BCUT2D eigenvalue weighted by atomic mass is 19.4. The van der Waals surface area contributed by atoms with Gasteiger partial charge >= 0.3 is 6.18 Å². The Morgan fingerprint density at radius 3 is 2.65 bits per heavy atom. The molecule has 276 valence electrons. The van der Waals surface area contributed by atoms with E-state index in [1.807, 2.05) is 12.1 Å². The first-order chi connectivity index (χ1) is 24.5. The van der Waals surface area contributed by atoms with Gasteiger partial charge in [0, 0.05) is 25.3 Å². The molecule has 10 nitrogen and oxygen atoms in total. The lowest BCUT2D eigenvalue weighted by molar-refractivity contribution is -0.141. The van der Waals surface area contributed by atoms with Gasteiger partial charge in [0.25, 0.3) is 5.91 Å². The number of methoxy groups -OCH3 is 1. The number of aliphatic hydroxyl groups excluding tert-OH is 1. The number of hydrogen-bond acceptors (Lipinski definition) is 9. The number of pyridine rings is 1. The quantitative estimate of drug-likeness (QED) is 0.224. The van der Waals surface area contributed by atoms with Crippen LogP contribution in [-0.4, -0.2) is 70.4 Å². The first-order valence-corrected chi connectivity index (χ1v) is 17.9. The van der Waals surface area contributed by atoms with Crippen molar-refractivity contribution in [1.29, 1.82) is 0 Å². The number of nitrogens with zero attached hydrogens (tertiary/aromatic N) is 3. The third kappa shape index (κ3) is 8.41. The lowest BCUT2D eigenvalue weighted by Crippen LogP contribution is -2.47. The number of benzene rings is 1. The van der Waals surface area contributed by atoms with E-state index in [9.17, 15) is 28.2 Å². The Morgan fingerprint density at radius 2 is 1.92 bits per heavy atom. The molecule has 1 aromatic carbocycles. The standard InChI is InChI=1S/C27H35N3O4.C11H12F3NO2/c1-27-12-11-20-19-6-5-18(31)15-17(19)14-16(25(20)21(27)7-9-23(27)32)4-3-13-28-26(33)22-8-10-24(34-2)30-29-22;12-11(13,14)9-4-1-5-10(15-9)17-8-3-2-6-16-7-8/h5-6,8,10,15-16,20-21,23,25,31-32H,3-4,7,9,11-14H2,1-2H3,(H,28,33);1,4-5,8H,2-3,6-7H2. The first kappa shape index (κ1) is 36.8. The maximum absolute atomic E-state index is 12.4. The highest BCUT2D eigenvalue weighted by Crippen LogP contribution is 2.62. The summed E-state index contributed by atoms with van der Waals surface area (Å²) < 4.78 is 52.7. The number of nitrogens with one attached hydrogen (secondary N) is 1. The molecule has 3 heterocycles. The van der Waals surface area contributed by atoms with Crippen molar-refractivity contribution in [3.8, 4) is 17.5 Å². The number of aromatic hydroxyl groups is 1. The average Bonchev–Trinajstić information content (AvgIpc) is 3.43. The summed E-state index contributed by atoms with van der Waals surface area (Å²) in [5, 5.41) is 31.7. The van der Waals surface area contributed by atoms with Crippen molar-refractivity contribution < 1.29 is 42.4 Å². The SMILES string of the molecule is COc1ccc(C(=O)NCCCC2Cc3cc(O)ccc3C3CCC4(C)C(O)CCC4C23)nn1.FC(F)(F)c1cccc(OC2CCCOC2)n1. The number of rotatable bonds is 8. The molecule has 0 bridgehead atoms. The minimum Gasteiger partial charge on any atom is -0.508 e. The Balaban J connectivity index is 0.000000221. The van der Waals surface area contributed by atoms with Crippen LogP contribution in [0.3, 0.4) is 0 Å². The number of carbonyl (C=O) groups excluding carboxylic acids is 1. The molecule has 0 radical (unpaired) electrons. The maximum atomic E-state index is 12.4. The molecule has 1 aliphatic heterocycles. The molecule has 7 rings (SSSR count). The van der Waals surface area contributed by atoms with Gasteiger partial charge in [-0.15, -0.1) is 10.2 Å². The van der Waals surface area contributed by atoms with Gasteiger partial charge in [-0.05, 0) is 122 Å². The van der Waals surface area contributed by atoms with Crippen molar-refractivity contribution in [1.82, 2.24) is 20.5 Å². The van der Waals surface area contributed by atoms with E-state index in [0.717, 1.165) is 63.9 Å². The molecule has 1 amide bonds. The molecule has 7 unspecified atom stereocenters. The summed E-state index contributed by atoms with van der Waals surface area (Å²) in [6.45, 7) is 3.96. The Bertz CT molecular complexity index is 1640. The van der Waals surface area contributed by atoms with E-state index >= 15 is 0 Å². The fourth-order valence-electron chi connectivity index (χ4n) is 8.85. The molecular weight excluding hydrogens is 665 g/mol. The van der Waals surface area contributed by atoms with E-state index in [2.05, 4.69) is 33.5 Å². The molecule has 2 aromatic heterocycles.